The van der Waals surface area contributed by atoms with Crippen molar-refractivity contribution in [2.45, 2.75) is 20.4 Å². The highest BCUT2D eigenvalue weighted by atomic mass is 16.5. The summed E-state index contributed by atoms with van der Waals surface area (Å²) in [5, 5.41) is 11.0. The number of hydrogen-bond donors (Lipinski definition) is 1. The van der Waals surface area contributed by atoms with Gasteiger partial charge < -0.3 is 14.6 Å². The van der Waals surface area contributed by atoms with Crippen molar-refractivity contribution >= 4 is 11.6 Å². The maximum absolute atomic E-state index is 12.4. The van der Waals surface area contributed by atoms with Gasteiger partial charge >= 0.3 is 0 Å². The molecule has 3 rings (SSSR count). The van der Waals surface area contributed by atoms with E-state index < -0.39 is 0 Å². The molecule has 0 aliphatic rings. The van der Waals surface area contributed by atoms with Crippen molar-refractivity contribution in [2.75, 3.05) is 12.4 Å². The fourth-order valence-corrected chi connectivity index (χ4v) is 2.43. The molecular weight excluding hydrogens is 308 g/mol. The Hall–Kier alpha value is -3.09. The fourth-order valence-electron chi connectivity index (χ4n) is 2.43. The van der Waals surface area contributed by atoms with Crippen LogP contribution in [0.2, 0.25) is 0 Å². The minimum Gasteiger partial charge on any atom is -0.496 e. The number of benzene rings is 1. The van der Waals surface area contributed by atoms with Crippen LogP contribution in [0.1, 0.15) is 27.4 Å². The molecule has 0 radical (unpaired) electrons. The summed E-state index contributed by atoms with van der Waals surface area (Å²) in [5.41, 5.74) is 2.90. The second kappa shape index (κ2) is 6.57. The summed E-state index contributed by atoms with van der Waals surface area (Å²) >= 11 is 0. The van der Waals surface area contributed by atoms with Crippen LogP contribution in [0.15, 0.2) is 41.2 Å². The number of carbonyl (C=O) groups excluding carboxylic acids is 1. The molecule has 0 unspecified atom stereocenters. The standard InChI is InChI=1S/C17H18N4O3/c1-11-15(12(2)24-20-11)10-21-9-13(8-18-21)19-17(22)14-6-4-5-7-16(14)23-3/h4-9H,10H2,1-3H3,(H,19,22). The molecule has 0 fully saturated rings. The molecule has 0 bridgehead atoms. The maximum Gasteiger partial charge on any atom is 0.259 e. The summed E-state index contributed by atoms with van der Waals surface area (Å²) in [6.07, 6.45) is 3.37. The molecule has 0 spiro atoms. The summed E-state index contributed by atoms with van der Waals surface area (Å²) < 4.78 is 12.1. The zero-order valence-corrected chi connectivity index (χ0v) is 13.7. The number of rotatable bonds is 5. The minimum atomic E-state index is -0.246. The number of amides is 1. The third kappa shape index (κ3) is 3.15. The molecule has 0 aliphatic carbocycles. The van der Waals surface area contributed by atoms with Gasteiger partial charge in [-0.15, -0.1) is 0 Å². The number of carbonyl (C=O) groups is 1. The summed E-state index contributed by atoms with van der Waals surface area (Å²) in [5.74, 6) is 1.05. The number of aryl methyl sites for hydroxylation is 2. The predicted octanol–water partition coefficient (Wildman–Crippen LogP) is 2.80. The Kier molecular flexibility index (Phi) is 4.33. The molecular formula is C17H18N4O3. The first-order valence-corrected chi connectivity index (χ1v) is 7.47. The fraction of sp³-hybridized carbons (Fsp3) is 0.235. The van der Waals surface area contributed by atoms with Gasteiger partial charge in [-0.1, -0.05) is 17.3 Å². The molecule has 0 saturated heterocycles. The summed E-state index contributed by atoms with van der Waals surface area (Å²) in [6, 6.07) is 7.06. The monoisotopic (exact) mass is 326 g/mol. The number of nitrogens with one attached hydrogen (secondary N) is 1. The lowest BCUT2D eigenvalue weighted by molar-refractivity contribution is 0.102. The Labute approximate surface area is 139 Å². The first-order chi connectivity index (χ1) is 11.6. The van der Waals surface area contributed by atoms with E-state index in [-0.39, 0.29) is 5.91 Å². The second-order valence-electron chi connectivity index (χ2n) is 5.38. The lowest BCUT2D eigenvalue weighted by atomic mass is 10.2. The molecule has 0 saturated carbocycles. The van der Waals surface area contributed by atoms with Crippen LogP contribution in [0.5, 0.6) is 5.75 Å². The number of hydrogen-bond acceptors (Lipinski definition) is 5. The van der Waals surface area contributed by atoms with Gasteiger partial charge in [0, 0.05) is 11.8 Å². The highest BCUT2D eigenvalue weighted by molar-refractivity contribution is 6.06. The van der Waals surface area contributed by atoms with Gasteiger partial charge in [0.2, 0.25) is 0 Å². The largest absolute Gasteiger partial charge is 0.496 e. The summed E-state index contributed by atoms with van der Waals surface area (Å²) in [7, 11) is 1.54. The van der Waals surface area contributed by atoms with Crippen molar-refractivity contribution in [1.29, 1.82) is 0 Å². The first-order valence-electron chi connectivity index (χ1n) is 7.47. The normalized spacial score (nSPS) is 10.6. The van der Waals surface area contributed by atoms with Crippen LogP contribution in [0.4, 0.5) is 5.69 Å². The Morgan fingerprint density at radius 1 is 1.33 bits per heavy atom. The zero-order valence-electron chi connectivity index (χ0n) is 13.7. The van der Waals surface area contributed by atoms with Gasteiger partial charge in [0.25, 0.3) is 5.91 Å². The van der Waals surface area contributed by atoms with Crippen molar-refractivity contribution in [3.63, 3.8) is 0 Å². The van der Waals surface area contributed by atoms with Gasteiger partial charge in [0.05, 0.1) is 36.8 Å². The molecule has 3 aromatic rings. The smallest absolute Gasteiger partial charge is 0.259 e. The predicted molar refractivity (Wildman–Crippen MR) is 88.3 cm³/mol. The van der Waals surface area contributed by atoms with Gasteiger partial charge in [-0.3, -0.25) is 9.48 Å². The lowest BCUT2D eigenvalue weighted by Crippen LogP contribution is -2.12. The van der Waals surface area contributed by atoms with E-state index in [1.165, 1.54) is 7.11 Å². The lowest BCUT2D eigenvalue weighted by Gasteiger charge is -2.07. The SMILES string of the molecule is COc1ccccc1C(=O)Nc1cnn(Cc2c(C)noc2C)c1. The number of para-hydroxylation sites is 1. The molecule has 124 valence electrons. The first kappa shape index (κ1) is 15.8. The number of ether oxygens (including phenoxy) is 1. The molecule has 1 amide bonds. The molecule has 7 heteroatoms. The van der Waals surface area contributed by atoms with Crippen LogP contribution in [0.3, 0.4) is 0 Å². The van der Waals surface area contributed by atoms with Gasteiger partial charge in [0.15, 0.2) is 0 Å². The Bertz CT molecular complexity index is 847. The molecule has 24 heavy (non-hydrogen) atoms. The molecule has 1 aromatic carbocycles. The van der Waals surface area contributed by atoms with Gasteiger partial charge in [-0.2, -0.15) is 5.10 Å². The van der Waals surface area contributed by atoms with E-state index >= 15 is 0 Å². The molecule has 0 atom stereocenters. The third-order valence-corrected chi connectivity index (χ3v) is 3.74. The van der Waals surface area contributed by atoms with Gasteiger partial charge in [0.1, 0.15) is 11.5 Å². The molecule has 0 aliphatic heterocycles. The number of nitrogens with zero attached hydrogens (tertiary/aromatic N) is 3. The van der Waals surface area contributed by atoms with E-state index in [0.29, 0.717) is 23.5 Å². The summed E-state index contributed by atoms with van der Waals surface area (Å²) in [6.45, 7) is 4.29. The Morgan fingerprint density at radius 3 is 2.83 bits per heavy atom. The quantitative estimate of drug-likeness (QED) is 0.779. The molecule has 2 aromatic heterocycles. The van der Waals surface area contributed by atoms with Crippen molar-refractivity contribution in [1.82, 2.24) is 14.9 Å². The highest BCUT2D eigenvalue weighted by Gasteiger charge is 2.14. The van der Waals surface area contributed by atoms with Crippen LogP contribution in [-0.4, -0.2) is 28.0 Å². The average Bonchev–Trinajstić information content (AvgIpc) is 3.16. The van der Waals surface area contributed by atoms with Crippen molar-refractivity contribution in [3.05, 3.63) is 59.2 Å². The minimum absolute atomic E-state index is 0.246. The van der Waals surface area contributed by atoms with Crippen LogP contribution in [-0.2, 0) is 6.54 Å². The molecule has 1 N–H and O–H groups in total. The number of aromatic nitrogens is 3. The van der Waals surface area contributed by atoms with E-state index in [1.54, 1.807) is 35.3 Å². The number of methoxy groups -OCH3 is 1. The van der Waals surface area contributed by atoms with Gasteiger partial charge in [-0.05, 0) is 26.0 Å². The number of anilines is 1. The van der Waals surface area contributed by atoms with Crippen LogP contribution >= 0.6 is 0 Å². The van der Waals surface area contributed by atoms with Crippen molar-refractivity contribution < 1.29 is 14.1 Å². The third-order valence-electron chi connectivity index (χ3n) is 3.74. The highest BCUT2D eigenvalue weighted by Crippen LogP contribution is 2.19. The van der Waals surface area contributed by atoms with E-state index in [0.717, 1.165) is 17.0 Å². The molecule has 2 heterocycles. The molecule has 7 nitrogen and oxygen atoms in total. The van der Waals surface area contributed by atoms with Crippen LogP contribution in [0.25, 0.3) is 0 Å². The van der Waals surface area contributed by atoms with E-state index in [4.69, 9.17) is 9.26 Å². The van der Waals surface area contributed by atoms with Crippen LogP contribution < -0.4 is 10.1 Å². The van der Waals surface area contributed by atoms with Crippen LogP contribution in [0, 0.1) is 13.8 Å². The maximum atomic E-state index is 12.4. The Morgan fingerprint density at radius 2 is 2.12 bits per heavy atom. The zero-order chi connectivity index (χ0) is 17.1. The Balaban J connectivity index is 1.73. The van der Waals surface area contributed by atoms with E-state index in [9.17, 15) is 4.79 Å². The van der Waals surface area contributed by atoms with E-state index in [1.807, 2.05) is 19.9 Å². The second-order valence-corrected chi connectivity index (χ2v) is 5.38. The average molecular weight is 326 g/mol. The van der Waals surface area contributed by atoms with Crippen molar-refractivity contribution in [2.24, 2.45) is 0 Å². The van der Waals surface area contributed by atoms with Gasteiger partial charge in [-0.25, -0.2) is 0 Å². The topological polar surface area (TPSA) is 82.2 Å². The van der Waals surface area contributed by atoms with Crippen molar-refractivity contribution in [3.8, 4) is 5.75 Å². The summed E-state index contributed by atoms with van der Waals surface area (Å²) in [4.78, 5) is 12.4. The van der Waals surface area contributed by atoms with E-state index in [2.05, 4.69) is 15.6 Å².